The first-order chi connectivity index (χ1) is 16.8. The van der Waals surface area contributed by atoms with Gasteiger partial charge in [-0.15, -0.1) is 5.10 Å². The summed E-state index contributed by atoms with van der Waals surface area (Å²) in [7, 11) is 0. The summed E-state index contributed by atoms with van der Waals surface area (Å²) < 4.78 is 2.14. The van der Waals surface area contributed by atoms with Gasteiger partial charge in [0, 0.05) is 35.9 Å². The van der Waals surface area contributed by atoms with E-state index in [1.54, 1.807) is 6.20 Å². The molecule has 176 valence electrons. The van der Waals surface area contributed by atoms with Crippen molar-refractivity contribution in [2.45, 2.75) is 77.2 Å². The smallest absolute Gasteiger partial charge is 0.180 e. The lowest BCUT2D eigenvalue weighted by Crippen LogP contribution is -2.09. The van der Waals surface area contributed by atoms with Gasteiger partial charge in [0.25, 0.3) is 0 Å². The maximum Gasteiger partial charge on any atom is 0.180 e. The Morgan fingerprint density at radius 3 is 2.62 bits per heavy atom. The lowest BCUT2D eigenvalue weighted by molar-refractivity contribution is 0.426. The Kier molecular flexibility index (Phi) is 7.02. The third-order valence-electron chi connectivity index (χ3n) is 6.76. The third-order valence-corrected chi connectivity index (χ3v) is 6.76. The maximum absolute atomic E-state index is 5.03. The van der Waals surface area contributed by atoms with E-state index >= 15 is 0 Å². The van der Waals surface area contributed by atoms with Gasteiger partial charge in [-0.2, -0.15) is 5.10 Å². The molecule has 34 heavy (non-hydrogen) atoms. The number of benzene rings is 1. The Labute approximate surface area is 200 Å². The van der Waals surface area contributed by atoms with E-state index in [0.717, 1.165) is 41.3 Å². The van der Waals surface area contributed by atoms with Crippen LogP contribution in [0.15, 0.2) is 42.7 Å². The summed E-state index contributed by atoms with van der Waals surface area (Å²) in [5.74, 6) is 3.35. The predicted octanol–water partition coefficient (Wildman–Crippen LogP) is 5.35. The second kappa shape index (κ2) is 10.7. The Morgan fingerprint density at radius 2 is 1.85 bits per heavy atom. The third kappa shape index (κ3) is 5.05. The van der Waals surface area contributed by atoms with Crippen LogP contribution in [0.3, 0.4) is 0 Å². The molecule has 0 bridgehead atoms. The van der Waals surface area contributed by atoms with Crippen molar-refractivity contribution in [3.63, 3.8) is 0 Å². The monoisotopic (exact) mass is 456 g/mol. The van der Waals surface area contributed by atoms with Crippen LogP contribution in [0.25, 0.3) is 22.5 Å². The fraction of sp³-hybridized carbons (Fsp3) is 0.462. The molecule has 0 radical (unpaired) electrons. The molecule has 0 amide bonds. The van der Waals surface area contributed by atoms with Crippen molar-refractivity contribution in [2.24, 2.45) is 0 Å². The molecule has 3 aromatic heterocycles. The Morgan fingerprint density at radius 1 is 1.00 bits per heavy atom. The summed E-state index contributed by atoms with van der Waals surface area (Å²) in [6.07, 6.45) is 14.6. The second-order valence-corrected chi connectivity index (χ2v) is 9.20. The Balaban J connectivity index is 1.37. The van der Waals surface area contributed by atoms with Crippen molar-refractivity contribution >= 4 is 0 Å². The van der Waals surface area contributed by atoms with Crippen LogP contribution in [0.2, 0.25) is 0 Å². The summed E-state index contributed by atoms with van der Waals surface area (Å²) in [5, 5.41) is 19.3. The van der Waals surface area contributed by atoms with Gasteiger partial charge in [-0.1, -0.05) is 63.3 Å². The maximum atomic E-state index is 5.03. The second-order valence-electron chi connectivity index (χ2n) is 9.20. The van der Waals surface area contributed by atoms with Crippen molar-refractivity contribution in [1.82, 2.24) is 40.4 Å². The van der Waals surface area contributed by atoms with Crippen LogP contribution in [0.4, 0.5) is 0 Å². The number of aryl methyl sites for hydroxylation is 1. The number of unbranched alkanes of at least 4 members (excludes halogenated alkanes) is 2. The molecule has 1 fully saturated rings. The molecule has 1 aromatic carbocycles. The molecule has 8 nitrogen and oxygen atoms in total. The highest BCUT2D eigenvalue weighted by molar-refractivity contribution is 5.79. The van der Waals surface area contributed by atoms with Gasteiger partial charge in [-0.05, 0) is 46.9 Å². The average Bonchev–Trinajstić information content (AvgIpc) is 3.56. The lowest BCUT2D eigenvalue weighted by Gasteiger charge is -2.18. The molecule has 0 unspecified atom stereocenters. The number of aromatic nitrogens is 8. The van der Waals surface area contributed by atoms with E-state index in [9.17, 15) is 0 Å². The van der Waals surface area contributed by atoms with Gasteiger partial charge in [0.1, 0.15) is 5.82 Å². The van der Waals surface area contributed by atoms with Crippen molar-refractivity contribution in [2.75, 3.05) is 0 Å². The van der Waals surface area contributed by atoms with E-state index in [0.29, 0.717) is 11.7 Å². The summed E-state index contributed by atoms with van der Waals surface area (Å²) >= 11 is 0. The van der Waals surface area contributed by atoms with Gasteiger partial charge in [0.05, 0.1) is 6.54 Å². The largest absolute Gasteiger partial charge is 0.264 e. The van der Waals surface area contributed by atoms with Crippen LogP contribution in [0, 0.1) is 0 Å². The zero-order valence-corrected chi connectivity index (χ0v) is 19.8. The number of nitrogens with zero attached hydrogens (tertiary/aromatic N) is 7. The Bertz CT molecular complexity index is 1170. The van der Waals surface area contributed by atoms with Crippen LogP contribution >= 0.6 is 0 Å². The fourth-order valence-electron chi connectivity index (χ4n) is 4.84. The van der Waals surface area contributed by atoms with Gasteiger partial charge in [0.2, 0.25) is 0 Å². The summed E-state index contributed by atoms with van der Waals surface area (Å²) in [6.45, 7) is 2.99. The van der Waals surface area contributed by atoms with Gasteiger partial charge < -0.3 is 0 Å². The summed E-state index contributed by atoms with van der Waals surface area (Å²) in [5.41, 5.74) is 4.22. The van der Waals surface area contributed by atoms with Crippen LogP contribution in [-0.2, 0) is 13.0 Å². The predicted molar refractivity (Wildman–Crippen MR) is 131 cm³/mol. The van der Waals surface area contributed by atoms with Crippen molar-refractivity contribution < 1.29 is 0 Å². The normalized spacial score (nSPS) is 14.5. The minimum absolute atomic E-state index is 0.525. The molecular weight excluding hydrogens is 424 g/mol. The highest BCUT2D eigenvalue weighted by atomic mass is 15.5. The topological polar surface area (TPSA) is 98.1 Å². The Hall–Kier alpha value is -3.42. The number of hydrogen-bond acceptors (Lipinski definition) is 6. The van der Waals surface area contributed by atoms with E-state index in [1.807, 2.05) is 12.3 Å². The molecule has 1 aliphatic rings. The summed E-state index contributed by atoms with van der Waals surface area (Å²) in [6, 6.07) is 10.5. The minimum Gasteiger partial charge on any atom is -0.264 e. The first-order valence-electron chi connectivity index (χ1n) is 12.5. The number of hydrogen-bond donors (Lipinski definition) is 1. The molecule has 0 atom stereocenters. The van der Waals surface area contributed by atoms with E-state index < -0.39 is 0 Å². The molecule has 0 spiro atoms. The van der Waals surface area contributed by atoms with Crippen LogP contribution in [0.1, 0.15) is 81.4 Å². The number of pyridine rings is 1. The average molecular weight is 457 g/mol. The van der Waals surface area contributed by atoms with Crippen molar-refractivity contribution in [3.8, 4) is 22.5 Å². The zero-order valence-electron chi connectivity index (χ0n) is 19.8. The van der Waals surface area contributed by atoms with E-state index in [2.05, 4.69) is 61.5 Å². The standard InChI is InChI=1S/C26H32N8/c1-2-3-5-10-24-28-25(21-8-6-4-7-9-21)31-34(24)18-19-11-13-20(14-12-19)23-17-27-16-15-22(23)26-29-32-33-30-26/h11-17,21H,2-10,18H2,1H3,(H,29,30,32,33). The van der Waals surface area contributed by atoms with E-state index in [-0.39, 0.29) is 0 Å². The van der Waals surface area contributed by atoms with Crippen molar-refractivity contribution in [1.29, 1.82) is 0 Å². The molecule has 5 rings (SSSR count). The van der Waals surface area contributed by atoms with Gasteiger partial charge >= 0.3 is 0 Å². The fourth-order valence-corrected chi connectivity index (χ4v) is 4.84. The first-order valence-corrected chi connectivity index (χ1v) is 12.5. The molecule has 4 aromatic rings. The molecule has 1 saturated carbocycles. The molecule has 1 aliphatic carbocycles. The van der Waals surface area contributed by atoms with Crippen LogP contribution in [-0.4, -0.2) is 40.4 Å². The minimum atomic E-state index is 0.525. The lowest BCUT2D eigenvalue weighted by atomic mass is 9.89. The summed E-state index contributed by atoms with van der Waals surface area (Å²) in [4.78, 5) is 9.34. The molecule has 0 saturated heterocycles. The number of aromatic amines is 1. The van der Waals surface area contributed by atoms with Gasteiger partial charge in [-0.25, -0.2) is 14.8 Å². The molecule has 1 N–H and O–H groups in total. The van der Waals surface area contributed by atoms with Crippen molar-refractivity contribution in [3.05, 3.63) is 59.9 Å². The highest BCUT2D eigenvalue weighted by Gasteiger charge is 2.21. The zero-order chi connectivity index (χ0) is 23.2. The van der Waals surface area contributed by atoms with E-state index in [4.69, 9.17) is 10.1 Å². The number of tetrazole rings is 1. The molecule has 8 heteroatoms. The number of rotatable bonds is 9. The number of H-pyrrole nitrogens is 1. The molecular formula is C26H32N8. The highest BCUT2D eigenvalue weighted by Crippen LogP contribution is 2.32. The van der Waals surface area contributed by atoms with Gasteiger partial charge in [-0.3, -0.25) is 4.98 Å². The quantitative estimate of drug-likeness (QED) is 0.341. The van der Waals surface area contributed by atoms with Crippen LogP contribution < -0.4 is 0 Å². The van der Waals surface area contributed by atoms with E-state index in [1.165, 1.54) is 56.9 Å². The first kappa shape index (κ1) is 22.4. The van der Waals surface area contributed by atoms with Crippen LogP contribution in [0.5, 0.6) is 0 Å². The molecule has 3 heterocycles. The molecule has 0 aliphatic heterocycles. The number of nitrogens with one attached hydrogen (secondary N) is 1. The van der Waals surface area contributed by atoms with Gasteiger partial charge in [0.15, 0.2) is 11.6 Å². The SMILES string of the molecule is CCCCCc1nc(C2CCCCC2)nn1Cc1ccc(-c2cnccc2-c2nnn[nH]2)cc1.